The van der Waals surface area contributed by atoms with E-state index in [1.165, 1.54) is 0 Å². The van der Waals surface area contributed by atoms with E-state index in [1.54, 1.807) is 20.1 Å². The third kappa shape index (κ3) is 1.69. The molecule has 0 aliphatic rings. The van der Waals surface area contributed by atoms with Crippen LogP contribution >= 0.6 is 0 Å². The van der Waals surface area contributed by atoms with E-state index in [0.717, 1.165) is 16.5 Å². The number of methoxy groups -OCH3 is 1. The zero-order valence-electron chi connectivity index (χ0n) is 9.14. The Labute approximate surface area is 93.2 Å². The van der Waals surface area contributed by atoms with Gasteiger partial charge in [0.05, 0.1) is 18.3 Å². The largest absolute Gasteiger partial charge is 0.481 e. The van der Waals surface area contributed by atoms with Gasteiger partial charge in [0.15, 0.2) is 0 Å². The number of pyridine rings is 1. The number of hydrogen-bond acceptors (Lipinski definition) is 4. The van der Waals surface area contributed by atoms with Crippen LogP contribution in [0.3, 0.4) is 0 Å². The van der Waals surface area contributed by atoms with Gasteiger partial charge >= 0.3 is 0 Å². The van der Waals surface area contributed by atoms with Gasteiger partial charge in [-0.3, -0.25) is 0 Å². The molecule has 0 spiro atoms. The summed E-state index contributed by atoms with van der Waals surface area (Å²) in [4.78, 5) is 4.35. The van der Waals surface area contributed by atoms with Crippen LogP contribution in [-0.2, 0) is 0 Å². The van der Waals surface area contributed by atoms with Crippen molar-refractivity contribution < 1.29 is 9.94 Å². The number of hydrogen-bond donors (Lipinski definition) is 1. The number of ether oxygens (including phenoxy) is 1. The van der Waals surface area contributed by atoms with Crippen LogP contribution in [0.2, 0.25) is 0 Å². The minimum atomic E-state index is 0.534. The fraction of sp³-hybridized carbons (Fsp3) is 0.167. The quantitative estimate of drug-likeness (QED) is 0.476. The first-order chi connectivity index (χ1) is 7.76. The lowest BCUT2D eigenvalue weighted by molar-refractivity contribution is 0.319. The summed E-state index contributed by atoms with van der Waals surface area (Å²) < 4.78 is 5.08. The number of oxime groups is 1. The number of fused-ring (bicyclic) bond motifs is 1. The Morgan fingerprint density at radius 2 is 2.12 bits per heavy atom. The Balaban J connectivity index is 2.74. The zero-order chi connectivity index (χ0) is 11.5. The molecule has 82 valence electrons. The van der Waals surface area contributed by atoms with Crippen LogP contribution in [-0.4, -0.2) is 23.0 Å². The van der Waals surface area contributed by atoms with Crippen LogP contribution in [0.25, 0.3) is 10.9 Å². The summed E-state index contributed by atoms with van der Waals surface area (Å²) in [5.41, 5.74) is 2.11. The molecule has 0 atom stereocenters. The van der Waals surface area contributed by atoms with Gasteiger partial charge in [-0.05, 0) is 13.0 Å². The van der Waals surface area contributed by atoms with Crippen LogP contribution < -0.4 is 4.74 Å². The smallest absolute Gasteiger partial charge is 0.213 e. The van der Waals surface area contributed by atoms with Gasteiger partial charge in [0.1, 0.15) is 0 Å². The fourth-order valence-electron chi connectivity index (χ4n) is 1.59. The molecule has 4 heteroatoms. The minimum Gasteiger partial charge on any atom is -0.481 e. The molecule has 0 bridgehead atoms. The molecule has 1 aromatic heterocycles. The molecule has 0 aliphatic heterocycles. The predicted molar refractivity (Wildman–Crippen MR) is 62.3 cm³/mol. The van der Waals surface area contributed by atoms with Crippen molar-refractivity contribution in [3.05, 3.63) is 35.9 Å². The Bertz CT molecular complexity index is 550. The van der Waals surface area contributed by atoms with Crippen molar-refractivity contribution in [1.82, 2.24) is 4.98 Å². The van der Waals surface area contributed by atoms with Crippen LogP contribution in [0.4, 0.5) is 0 Å². The second kappa shape index (κ2) is 4.18. The van der Waals surface area contributed by atoms with Gasteiger partial charge in [-0.15, -0.1) is 0 Å². The third-order valence-corrected chi connectivity index (χ3v) is 2.44. The average Bonchev–Trinajstić information content (AvgIpc) is 2.36. The van der Waals surface area contributed by atoms with E-state index in [2.05, 4.69) is 10.1 Å². The van der Waals surface area contributed by atoms with Gasteiger partial charge in [0, 0.05) is 17.0 Å². The van der Waals surface area contributed by atoms with Crippen molar-refractivity contribution in [3.8, 4) is 5.88 Å². The molecule has 1 aromatic carbocycles. The monoisotopic (exact) mass is 216 g/mol. The summed E-state index contributed by atoms with van der Waals surface area (Å²) in [7, 11) is 1.57. The van der Waals surface area contributed by atoms with E-state index in [-0.39, 0.29) is 0 Å². The minimum absolute atomic E-state index is 0.534. The highest BCUT2D eigenvalue weighted by Gasteiger charge is 2.06. The van der Waals surface area contributed by atoms with Crippen molar-refractivity contribution >= 4 is 16.6 Å². The third-order valence-electron chi connectivity index (χ3n) is 2.44. The molecule has 0 saturated heterocycles. The lowest BCUT2D eigenvalue weighted by atomic mass is 10.1. The van der Waals surface area contributed by atoms with E-state index >= 15 is 0 Å². The lowest BCUT2D eigenvalue weighted by Crippen LogP contribution is -1.98. The molecule has 0 saturated carbocycles. The van der Waals surface area contributed by atoms with Gasteiger partial charge in [-0.1, -0.05) is 23.4 Å². The molecule has 2 aromatic rings. The van der Waals surface area contributed by atoms with E-state index in [9.17, 15) is 0 Å². The normalized spacial score (nSPS) is 11.8. The molecular weight excluding hydrogens is 204 g/mol. The Morgan fingerprint density at radius 3 is 2.81 bits per heavy atom. The summed E-state index contributed by atoms with van der Waals surface area (Å²) in [5, 5.41) is 13.0. The predicted octanol–water partition coefficient (Wildman–Crippen LogP) is 2.44. The SMILES string of the molecule is COc1ccc2cccc(C(C)=NO)c2n1. The second-order valence-corrected chi connectivity index (χ2v) is 3.42. The van der Waals surface area contributed by atoms with Crippen molar-refractivity contribution in [2.45, 2.75) is 6.92 Å². The highest BCUT2D eigenvalue weighted by molar-refractivity contribution is 6.08. The number of para-hydroxylation sites is 1. The van der Waals surface area contributed by atoms with Crippen LogP contribution in [0.5, 0.6) is 5.88 Å². The maximum atomic E-state index is 8.80. The van der Waals surface area contributed by atoms with Gasteiger partial charge < -0.3 is 9.94 Å². The first-order valence-corrected chi connectivity index (χ1v) is 4.89. The molecular formula is C12H12N2O2. The van der Waals surface area contributed by atoms with Gasteiger partial charge in [0.2, 0.25) is 5.88 Å². The molecule has 0 radical (unpaired) electrons. The molecule has 1 N–H and O–H groups in total. The molecule has 4 nitrogen and oxygen atoms in total. The number of nitrogens with zero attached hydrogens (tertiary/aromatic N) is 2. The van der Waals surface area contributed by atoms with Crippen LogP contribution in [0.15, 0.2) is 35.5 Å². The maximum absolute atomic E-state index is 8.80. The van der Waals surface area contributed by atoms with E-state index in [1.807, 2.05) is 24.3 Å². The molecule has 0 amide bonds. The standard InChI is InChI=1S/C12H12N2O2/c1-8(14-15)10-5-3-4-9-6-7-11(16-2)13-12(9)10/h3-7,15H,1-2H3. The number of rotatable bonds is 2. The Kier molecular flexibility index (Phi) is 2.72. The average molecular weight is 216 g/mol. The van der Waals surface area contributed by atoms with E-state index in [4.69, 9.17) is 9.94 Å². The Hall–Kier alpha value is -2.10. The summed E-state index contributed by atoms with van der Waals surface area (Å²) >= 11 is 0. The topological polar surface area (TPSA) is 54.7 Å². The van der Waals surface area contributed by atoms with Gasteiger partial charge in [-0.25, -0.2) is 4.98 Å². The first-order valence-electron chi connectivity index (χ1n) is 4.89. The highest BCUT2D eigenvalue weighted by atomic mass is 16.5. The summed E-state index contributed by atoms with van der Waals surface area (Å²) in [5.74, 6) is 0.547. The maximum Gasteiger partial charge on any atom is 0.213 e. The molecule has 1 heterocycles. The summed E-state index contributed by atoms with van der Waals surface area (Å²) in [6, 6.07) is 9.45. The highest BCUT2D eigenvalue weighted by Crippen LogP contribution is 2.20. The fourth-order valence-corrected chi connectivity index (χ4v) is 1.59. The lowest BCUT2D eigenvalue weighted by Gasteiger charge is -2.05. The molecule has 0 unspecified atom stereocenters. The van der Waals surface area contributed by atoms with Crippen molar-refractivity contribution in [2.75, 3.05) is 7.11 Å². The molecule has 2 rings (SSSR count). The van der Waals surface area contributed by atoms with Crippen molar-refractivity contribution in [3.63, 3.8) is 0 Å². The number of aromatic nitrogens is 1. The molecule has 16 heavy (non-hydrogen) atoms. The van der Waals surface area contributed by atoms with Gasteiger partial charge in [-0.2, -0.15) is 0 Å². The summed E-state index contributed by atoms with van der Waals surface area (Å²) in [6.45, 7) is 1.73. The first kappa shape index (κ1) is 10.4. The van der Waals surface area contributed by atoms with Crippen LogP contribution in [0, 0.1) is 0 Å². The molecule has 0 fully saturated rings. The van der Waals surface area contributed by atoms with E-state index < -0.39 is 0 Å². The van der Waals surface area contributed by atoms with Crippen molar-refractivity contribution in [1.29, 1.82) is 0 Å². The zero-order valence-corrected chi connectivity index (χ0v) is 9.14. The van der Waals surface area contributed by atoms with E-state index in [0.29, 0.717) is 11.6 Å². The summed E-state index contributed by atoms with van der Waals surface area (Å²) in [6.07, 6.45) is 0. The van der Waals surface area contributed by atoms with Gasteiger partial charge in [0.25, 0.3) is 0 Å². The van der Waals surface area contributed by atoms with Crippen molar-refractivity contribution in [2.24, 2.45) is 5.16 Å². The molecule has 0 aliphatic carbocycles. The second-order valence-electron chi connectivity index (χ2n) is 3.42. The Morgan fingerprint density at radius 1 is 1.31 bits per heavy atom. The van der Waals surface area contributed by atoms with Crippen LogP contribution in [0.1, 0.15) is 12.5 Å². The number of benzene rings is 1.